The van der Waals surface area contributed by atoms with Gasteiger partial charge < -0.3 is 15.2 Å². The van der Waals surface area contributed by atoms with E-state index < -0.39 is 6.10 Å². The molecule has 0 amide bonds. The van der Waals surface area contributed by atoms with Crippen LogP contribution in [0.4, 0.5) is 0 Å². The largest absolute Gasteiger partial charge is 0.391 e. The van der Waals surface area contributed by atoms with Crippen LogP contribution in [0, 0.1) is 11.3 Å². The summed E-state index contributed by atoms with van der Waals surface area (Å²) in [5.74, 6) is 0. The predicted molar refractivity (Wildman–Crippen MR) is 77.3 cm³/mol. The first-order chi connectivity index (χ1) is 9.70. The van der Waals surface area contributed by atoms with Gasteiger partial charge in [0.2, 0.25) is 0 Å². The number of hydrogen-bond donors (Lipinski definition) is 2. The van der Waals surface area contributed by atoms with Crippen LogP contribution in [-0.4, -0.2) is 37.5 Å². The summed E-state index contributed by atoms with van der Waals surface area (Å²) in [5, 5.41) is 22.4. The van der Waals surface area contributed by atoms with Gasteiger partial charge in [-0.05, 0) is 31.4 Å². The molecule has 1 saturated carbocycles. The average molecular weight is 274 g/mol. The summed E-state index contributed by atoms with van der Waals surface area (Å²) in [6.07, 6.45) is 1.94. The smallest absolute Gasteiger partial charge is 0.0852 e. The minimum atomic E-state index is -0.414. The van der Waals surface area contributed by atoms with Crippen molar-refractivity contribution in [3.8, 4) is 6.07 Å². The van der Waals surface area contributed by atoms with Crippen molar-refractivity contribution in [2.24, 2.45) is 0 Å². The Bertz CT molecular complexity index is 449. The van der Waals surface area contributed by atoms with Gasteiger partial charge in [-0.15, -0.1) is 0 Å². The second kappa shape index (κ2) is 6.85. The van der Waals surface area contributed by atoms with E-state index in [0.29, 0.717) is 19.1 Å². The van der Waals surface area contributed by atoms with Crippen LogP contribution in [0.2, 0.25) is 0 Å². The van der Waals surface area contributed by atoms with Gasteiger partial charge in [-0.3, -0.25) is 0 Å². The minimum absolute atomic E-state index is 0.329. The van der Waals surface area contributed by atoms with Gasteiger partial charge in [0.05, 0.1) is 24.2 Å². The highest BCUT2D eigenvalue weighted by atomic mass is 16.5. The maximum absolute atomic E-state index is 9.56. The molecule has 1 fully saturated rings. The molecule has 0 aliphatic heterocycles. The molecular formula is C16H22N2O2. The van der Waals surface area contributed by atoms with Crippen LogP contribution in [0.3, 0.4) is 0 Å². The number of nitriles is 1. The van der Waals surface area contributed by atoms with E-state index in [2.05, 4.69) is 11.4 Å². The Morgan fingerprint density at radius 2 is 2.15 bits per heavy atom. The second-order valence-electron chi connectivity index (χ2n) is 5.52. The second-order valence-corrected chi connectivity index (χ2v) is 5.52. The minimum Gasteiger partial charge on any atom is -0.391 e. The van der Waals surface area contributed by atoms with Gasteiger partial charge in [-0.1, -0.05) is 30.3 Å². The van der Waals surface area contributed by atoms with E-state index in [9.17, 15) is 10.4 Å². The van der Waals surface area contributed by atoms with Crippen LogP contribution in [0.15, 0.2) is 30.3 Å². The van der Waals surface area contributed by atoms with E-state index in [1.165, 1.54) is 0 Å². The van der Waals surface area contributed by atoms with Crippen molar-refractivity contribution in [1.82, 2.24) is 5.32 Å². The molecule has 1 unspecified atom stereocenters. The van der Waals surface area contributed by atoms with Crippen molar-refractivity contribution >= 4 is 0 Å². The molecular weight excluding hydrogens is 252 g/mol. The van der Waals surface area contributed by atoms with Crippen LogP contribution in [0.25, 0.3) is 0 Å². The Morgan fingerprint density at radius 1 is 1.45 bits per heavy atom. The molecule has 2 N–H and O–H groups in total. The van der Waals surface area contributed by atoms with E-state index in [1.807, 2.05) is 30.3 Å². The highest BCUT2D eigenvalue weighted by molar-refractivity contribution is 5.36. The quantitative estimate of drug-likeness (QED) is 0.792. The number of ether oxygens (including phenoxy) is 1. The Balaban J connectivity index is 1.77. The number of nitrogens with zero attached hydrogens (tertiary/aromatic N) is 1. The molecule has 2 rings (SSSR count). The Kier molecular flexibility index (Phi) is 5.13. The number of nitrogens with one attached hydrogen (secondary N) is 1. The summed E-state index contributed by atoms with van der Waals surface area (Å²) < 4.78 is 4.89. The molecule has 0 radical (unpaired) electrons. The van der Waals surface area contributed by atoms with Crippen LogP contribution in [0.1, 0.15) is 24.8 Å². The third kappa shape index (κ3) is 3.37. The predicted octanol–water partition coefficient (Wildman–Crippen LogP) is 1.60. The van der Waals surface area contributed by atoms with Crippen LogP contribution >= 0.6 is 0 Å². The van der Waals surface area contributed by atoms with E-state index in [4.69, 9.17) is 4.74 Å². The zero-order chi connectivity index (χ0) is 14.4. The van der Waals surface area contributed by atoms with Gasteiger partial charge in [-0.25, -0.2) is 0 Å². The van der Waals surface area contributed by atoms with Crippen molar-refractivity contribution in [3.63, 3.8) is 0 Å². The Hall–Kier alpha value is -1.41. The van der Waals surface area contributed by atoms with Gasteiger partial charge in [0.1, 0.15) is 0 Å². The molecule has 4 heteroatoms. The summed E-state index contributed by atoms with van der Waals surface area (Å²) in [4.78, 5) is 0. The molecule has 1 atom stereocenters. The number of methoxy groups -OCH3 is 1. The maximum atomic E-state index is 9.56. The summed E-state index contributed by atoms with van der Waals surface area (Å²) in [6.45, 7) is 1.13. The summed E-state index contributed by atoms with van der Waals surface area (Å²) >= 11 is 0. The van der Waals surface area contributed by atoms with E-state index >= 15 is 0 Å². The first-order valence-electron chi connectivity index (χ1n) is 7.07. The third-order valence-electron chi connectivity index (χ3n) is 4.00. The number of rotatable bonds is 7. The lowest BCUT2D eigenvalue weighted by atomic mass is 9.62. The molecule has 1 aromatic rings. The maximum Gasteiger partial charge on any atom is 0.0852 e. The van der Waals surface area contributed by atoms with Gasteiger partial charge >= 0.3 is 0 Å². The van der Waals surface area contributed by atoms with Crippen LogP contribution in [0.5, 0.6) is 0 Å². The molecule has 1 aliphatic carbocycles. The first kappa shape index (κ1) is 15.0. The van der Waals surface area contributed by atoms with Crippen molar-refractivity contribution in [1.29, 1.82) is 5.26 Å². The highest BCUT2D eigenvalue weighted by Crippen LogP contribution is 2.43. The van der Waals surface area contributed by atoms with Gasteiger partial charge in [0, 0.05) is 13.2 Å². The van der Waals surface area contributed by atoms with Crippen molar-refractivity contribution in [2.75, 3.05) is 20.3 Å². The molecule has 0 heterocycles. The average Bonchev–Trinajstić information content (AvgIpc) is 2.43. The number of benzene rings is 1. The lowest BCUT2D eigenvalue weighted by Crippen LogP contribution is -2.51. The molecule has 20 heavy (non-hydrogen) atoms. The lowest BCUT2D eigenvalue weighted by molar-refractivity contribution is 0.0577. The Labute approximate surface area is 120 Å². The molecule has 108 valence electrons. The summed E-state index contributed by atoms with van der Waals surface area (Å²) in [5.41, 5.74) is 0.782. The number of hydrogen-bond acceptors (Lipinski definition) is 4. The topological polar surface area (TPSA) is 65.3 Å². The summed E-state index contributed by atoms with van der Waals surface area (Å²) in [6, 6.07) is 12.8. The third-order valence-corrected chi connectivity index (χ3v) is 4.00. The number of aliphatic hydroxyl groups is 1. The standard InChI is InChI=1S/C16H22N2O2/c1-20-11-15(19)7-8-18-14-9-16(10-14,12-17)13-5-3-2-4-6-13/h2-6,14-15,18-19H,7-11H2,1H3. The molecule has 1 aliphatic rings. The zero-order valence-corrected chi connectivity index (χ0v) is 11.9. The number of aliphatic hydroxyl groups excluding tert-OH is 1. The fourth-order valence-electron chi connectivity index (χ4n) is 2.80. The van der Waals surface area contributed by atoms with E-state index in [1.54, 1.807) is 7.11 Å². The molecule has 0 bridgehead atoms. The van der Waals surface area contributed by atoms with Crippen LogP contribution in [-0.2, 0) is 10.2 Å². The molecule has 1 aromatic carbocycles. The van der Waals surface area contributed by atoms with Crippen molar-refractivity contribution in [3.05, 3.63) is 35.9 Å². The van der Waals surface area contributed by atoms with E-state index in [-0.39, 0.29) is 5.41 Å². The lowest BCUT2D eigenvalue weighted by Gasteiger charge is -2.43. The molecule has 0 spiro atoms. The van der Waals surface area contributed by atoms with Gasteiger partial charge in [0.15, 0.2) is 0 Å². The molecule has 4 nitrogen and oxygen atoms in total. The van der Waals surface area contributed by atoms with Crippen molar-refractivity contribution < 1.29 is 9.84 Å². The van der Waals surface area contributed by atoms with Gasteiger partial charge in [0.25, 0.3) is 0 Å². The first-order valence-corrected chi connectivity index (χ1v) is 7.07. The highest BCUT2D eigenvalue weighted by Gasteiger charge is 2.45. The van der Waals surface area contributed by atoms with E-state index in [0.717, 1.165) is 24.9 Å². The fourth-order valence-corrected chi connectivity index (χ4v) is 2.80. The zero-order valence-electron chi connectivity index (χ0n) is 11.9. The molecule has 0 saturated heterocycles. The van der Waals surface area contributed by atoms with Gasteiger partial charge in [-0.2, -0.15) is 5.26 Å². The normalized spacial score (nSPS) is 26.6. The summed E-state index contributed by atoms with van der Waals surface area (Å²) in [7, 11) is 1.59. The SMILES string of the molecule is COCC(O)CCNC1CC(C#N)(c2ccccc2)C1. The van der Waals surface area contributed by atoms with Crippen LogP contribution < -0.4 is 5.32 Å². The Morgan fingerprint density at radius 3 is 2.75 bits per heavy atom. The fraction of sp³-hybridized carbons (Fsp3) is 0.562. The molecule has 0 aromatic heterocycles. The van der Waals surface area contributed by atoms with Crippen molar-refractivity contribution in [2.45, 2.75) is 36.8 Å². The monoisotopic (exact) mass is 274 g/mol.